The van der Waals surface area contributed by atoms with Crippen molar-refractivity contribution in [2.75, 3.05) is 13.2 Å². The molecule has 1 aromatic rings. The molecule has 1 aromatic heterocycles. The van der Waals surface area contributed by atoms with Crippen molar-refractivity contribution in [2.24, 2.45) is 5.73 Å². The largest absolute Gasteiger partial charge is 0.481 e. The number of hydrogen-bond donors (Lipinski definition) is 8. The fourth-order valence-corrected chi connectivity index (χ4v) is 2.11. The molecule has 1 rings (SSSR count). The molecule has 0 saturated heterocycles. The Balaban J connectivity index is 2.50. The van der Waals surface area contributed by atoms with Crippen LogP contribution in [0, 0.1) is 0 Å². The standard InChI is InChI=1S/C15H22N6O8/c16-8(1-7-3-17-6-19-7)13(26)21-10(5-22)14(27)18-4-11(23)20-9(15(28)29)2-12(24)25/h3,6,8-10,22H,1-2,4-5,16H2,(H,17,19)(H,18,27)(H,20,23)(H,21,26)(H,24,25)(H,28,29). The fourth-order valence-electron chi connectivity index (χ4n) is 2.11. The molecule has 0 radical (unpaired) electrons. The van der Waals surface area contributed by atoms with Crippen LogP contribution in [0.25, 0.3) is 0 Å². The molecule has 3 atom stereocenters. The molecule has 0 aliphatic heterocycles. The smallest absolute Gasteiger partial charge is 0.326 e. The van der Waals surface area contributed by atoms with Crippen molar-refractivity contribution in [3.05, 3.63) is 18.2 Å². The number of aromatic amines is 1. The number of nitrogens with one attached hydrogen (secondary N) is 4. The van der Waals surface area contributed by atoms with Gasteiger partial charge in [-0.15, -0.1) is 0 Å². The highest BCUT2D eigenvalue weighted by Crippen LogP contribution is 1.97. The van der Waals surface area contributed by atoms with Crippen LogP contribution in [0.5, 0.6) is 0 Å². The molecule has 160 valence electrons. The third-order valence-corrected chi connectivity index (χ3v) is 3.58. The maximum Gasteiger partial charge on any atom is 0.326 e. The number of H-pyrrole nitrogens is 1. The first-order valence-electron chi connectivity index (χ1n) is 8.29. The van der Waals surface area contributed by atoms with Gasteiger partial charge in [-0.25, -0.2) is 9.78 Å². The van der Waals surface area contributed by atoms with Crippen LogP contribution < -0.4 is 21.7 Å². The van der Waals surface area contributed by atoms with Crippen molar-refractivity contribution in [2.45, 2.75) is 31.0 Å². The zero-order chi connectivity index (χ0) is 22.0. The minimum absolute atomic E-state index is 0.105. The summed E-state index contributed by atoms with van der Waals surface area (Å²) < 4.78 is 0. The third kappa shape index (κ3) is 8.35. The van der Waals surface area contributed by atoms with E-state index in [0.717, 1.165) is 0 Å². The van der Waals surface area contributed by atoms with Crippen molar-refractivity contribution in [3.8, 4) is 0 Å². The molecule has 0 aliphatic rings. The molecule has 0 aromatic carbocycles. The summed E-state index contributed by atoms with van der Waals surface area (Å²) in [6.45, 7) is -1.48. The summed E-state index contributed by atoms with van der Waals surface area (Å²) in [5.41, 5.74) is 6.30. The van der Waals surface area contributed by atoms with E-state index >= 15 is 0 Å². The minimum Gasteiger partial charge on any atom is -0.481 e. The predicted molar refractivity (Wildman–Crippen MR) is 94.1 cm³/mol. The van der Waals surface area contributed by atoms with Crippen LogP contribution in [0.15, 0.2) is 12.5 Å². The van der Waals surface area contributed by atoms with Crippen LogP contribution in [0.2, 0.25) is 0 Å². The number of imidazole rings is 1. The fraction of sp³-hybridized carbons (Fsp3) is 0.467. The van der Waals surface area contributed by atoms with E-state index in [1.54, 1.807) is 0 Å². The number of nitrogens with zero attached hydrogens (tertiary/aromatic N) is 1. The Morgan fingerprint density at radius 1 is 1.10 bits per heavy atom. The minimum atomic E-state index is -1.68. The van der Waals surface area contributed by atoms with E-state index in [4.69, 9.17) is 15.9 Å². The van der Waals surface area contributed by atoms with Crippen molar-refractivity contribution >= 4 is 29.7 Å². The Bertz CT molecular complexity index is 737. The molecule has 0 bridgehead atoms. The molecule has 0 fully saturated rings. The zero-order valence-corrected chi connectivity index (χ0v) is 15.1. The summed E-state index contributed by atoms with van der Waals surface area (Å²) >= 11 is 0. The summed E-state index contributed by atoms with van der Waals surface area (Å²) in [7, 11) is 0. The van der Waals surface area contributed by atoms with E-state index in [2.05, 4.69) is 20.6 Å². The zero-order valence-electron chi connectivity index (χ0n) is 15.1. The van der Waals surface area contributed by atoms with Gasteiger partial charge in [-0.05, 0) is 0 Å². The normalized spacial score (nSPS) is 13.6. The van der Waals surface area contributed by atoms with E-state index in [1.165, 1.54) is 12.5 Å². The van der Waals surface area contributed by atoms with E-state index in [9.17, 15) is 29.1 Å². The summed E-state index contributed by atoms with van der Waals surface area (Å²) in [6.07, 6.45) is 2.13. The highest BCUT2D eigenvalue weighted by molar-refractivity contribution is 5.93. The highest BCUT2D eigenvalue weighted by atomic mass is 16.4. The number of aliphatic hydroxyl groups excluding tert-OH is 1. The first-order chi connectivity index (χ1) is 13.6. The summed E-state index contributed by atoms with van der Waals surface area (Å²) in [4.78, 5) is 63.8. The van der Waals surface area contributed by atoms with Gasteiger partial charge in [-0.2, -0.15) is 0 Å². The molecule has 14 heteroatoms. The highest BCUT2D eigenvalue weighted by Gasteiger charge is 2.26. The molecule has 0 spiro atoms. The lowest BCUT2D eigenvalue weighted by Crippen LogP contribution is -2.55. The summed E-state index contributed by atoms with van der Waals surface area (Å²) in [6, 6.07) is -4.11. The van der Waals surface area contributed by atoms with Crippen LogP contribution in [0.4, 0.5) is 0 Å². The lowest BCUT2D eigenvalue weighted by Gasteiger charge is -2.19. The van der Waals surface area contributed by atoms with Gasteiger partial charge in [0.2, 0.25) is 17.7 Å². The molecule has 0 aliphatic carbocycles. The number of rotatable bonds is 12. The molecule has 9 N–H and O–H groups in total. The van der Waals surface area contributed by atoms with Gasteiger partial charge in [-0.1, -0.05) is 0 Å². The van der Waals surface area contributed by atoms with Crippen molar-refractivity contribution < 1.29 is 39.3 Å². The van der Waals surface area contributed by atoms with Gasteiger partial charge in [0, 0.05) is 18.3 Å². The molecule has 1 heterocycles. The second kappa shape index (κ2) is 11.4. The van der Waals surface area contributed by atoms with Gasteiger partial charge in [-0.3, -0.25) is 19.2 Å². The molecule has 3 amide bonds. The number of aromatic nitrogens is 2. The van der Waals surface area contributed by atoms with Crippen molar-refractivity contribution in [3.63, 3.8) is 0 Å². The number of aliphatic hydroxyl groups is 1. The number of amides is 3. The second-order valence-electron chi connectivity index (χ2n) is 5.91. The van der Waals surface area contributed by atoms with Crippen LogP contribution in [-0.2, 0) is 30.4 Å². The molecule has 0 saturated carbocycles. The van der Waals surface area contributed by atoms with Gasteiger partial charge in [0.25, 0.3) is 0 Å². The number of carboxylic acid groups (broad SMARTS) is 2. The number of hydrogen-bond acceptors (Lipinski definition) is 8. The first-order valence-corrected chi connectivity index (χ1v) is 8.29. The van der Waals surface area contributed by atoms with Crippen molar-refractivity contribution in [1.82, 2.24) is 25.9 Å². The van der Waals surface area contributed by atoms with Gasteiger partial charge >= 0.3 is 11.9 Å². The van der Waals surface area contributed by atoms with E-state index in [-0.39, 0.29) is 6.42 Å². The van der Waals surface area contributed by atoms with Gasteiger partial charge in [0.15, 0.2) is 0 Å². The van der Waals surface area contributed by atoms with E-state index in [1.807, 2.05) is 5.32 Å². The number of nitrogens with two attached hydrogens (primary N) is 1. The Morgan fingerprint density at radius 3 is 2.31 bits per heavy atom. The van der Waals surface area contributed by atoms with Crippen LogP contribution in [0.1, 0.15) is 12.1 Å². The molecular weight excluding hydrogens is 392 g/mol. The number of carboxylic acids is 2. The quantitative estimate of drug-likeness (QED) is 0.164. The monoisotopic (exact) mass is 414 g/mol. The summed E-state index contributed by atoms with van der Waals surface area (Å²) in [5, 5.41) is 33.0. The van der Waals surface area contributed by atoms with Gasteiger partial charge in [0.1, 0.15) is 12.1 Å². The van der Waals surface area contributed by atoms with Gasteiger partial charge in [0.05, 0.1) is 31.9 Å². The second-order valence-corrected chi connectivity index (χ2v) is 5.91. The topological polar surface area (TPSA) is 237 Å². The molecular formula is C15H22N6O8. The maximum atomic E-state index is 12.0. The number of carbonyl (C=O) groups is 5. The Morgan fingerprint density at radius 2 is 1.79 bits per heavy atom. The first kappa shape index (κ1) is 23.5. The van der Waals surface area contributed by atoms with E-state index in [0.29, 0.717) is 5.69 Å². The SMILES string of the molecule is NC(Cc1cnc[nH]1)C(=O)NC(CO)C(=O)NCC(=O)NC(CC(=O)O)C(=O)O. The van der Waals surface area contributed by atoms with E-state index < -0.39 is 67.4 Å². The third-order valence-electron chi connectivity index (χ3n) is 3.58. The average molecular weight is 414 g/mol. The Kier molecular flexibility index (Phi) is 9.21. The maximum absolute atomic E-state index is 12.0. The Hall–Kier alpha value is -3.52. The number of aliphatic carboxylic acids is 2. The lowest BCUT2D eigenvalue weighted by atomic mass is 10.1. The number of carbonyl (C=O) groups excluding carboxylic acids is 3. The van der Waals surface area contributed by atoms with Crippen LogP contribution in [-0.4, -0.2) is 86.2 Å². The van der Waals surface area contributed by atoms with Crippen molar-refractivity contribution in [1.29, 1.82) is 0 Å². The van der Waals surface area contributed by atoms with Gasteiger partial charge < -0.3 is 42.0 Å². The average Bonchev–Trinajstić information content (AvgIpc) is 3.15. The molecule has 14 nitrogen and oxygen atoms in total. The van der Waals surface area contributed by atoms with Crippen LogP contribution >= 0.6 is 0 Å². The lowest BCUT2D eigenvalue weighted by molar-refractivity contribution is -0.147. The predicted octanol–water partition coefficient (Wildman–Crippen LogP) is -4.08. The summed E-state index contributed by atoms with van der Waals surface area (Å²) in [5.74, 6) is -5.61. The molecule has 29 heavy (non-hydrogen) atoms. The molecule has 3 unspecified atom stereocenters. The van der Waals surface area contributed by atoms with Crippen LogP contribution in [0.3, 0.4) is 0 Å². The Labute approximate surface area is 163 Å².